The molecular weight excluding hydrogens is 191 g/mol. The van der Waals surface area contributed by atoms with Crippen LogP contribution in [0.1, 0.15) is 0 Å². The second-order valence-electron chi connectivity index (χ2n) is 0.600. The van der Waals surface area contributed by atoms with Gasteiger partial charge in [0.25, 0.3) is 0 Å². The molecule has 4 N–H and O–H groups in total. The second kappa shape index (κ2) is 6.20. The Hall–Kier alpha value is 2.07. The molecular formula is H5FeNaO4Ti. The average Bonchev–Trinajstić information content (AvgIpc) is 0.722. The maximum atomic E-state index is 7.38. The number of hydrogen-bond donors (Lipinski definition) is 4. The van der Waals surface area contributed by atoms with Crippen LogP contribution in [0.5, 0.6) is 0 Å². The first-order chi connectivity index (χ1) is 2.00. The van der Waals surface area contributed by atoms with Crippen LogP contribution in [0.4, 0.5) is 0 Å². The minimum absolute atomic E-state index is 0. The Bertz CT molecular complexity index is 27.2. The Balaban J connectivity index is -0.0000000800. The fraction of sp³-hybridized carbons (Fsp3) is 0. The van der Waals surface area contributed by atoms with E-state index in [9.17, 15) is 0 Å². The molecule has 0 aliphatic carbocycles. The third-order valence-electron chi connectivity index (χ3n) is 0. The van der Waals surface area contributed by atoms with Crippen molar-refractivity contribution in [2.45, 2.75) is 0 Å². The Morgan fingerprint density at radius 1 is 0.857 bits per heavy atom. The average molecular weight is 196 g/mol. The van der Waals surface area contributed by atoms with Crippen LogP contribution in [0, 0.1) is 0 Å². The molecule has 0 saturated carbocycles. The van der Waals surface area contributed by atoms with Crippen LogP contribution < -0.4 is 0 Å². The van der Waals surface area contributed by atoms with E-state index in [2.05, 4.69) is 0 Å². The van der Waals surface area contributed by atoms with Gasteiger partial charge in [-0.05, 0) is 0 Å². The van der Waals surface area contributed by atoms with Gasteiger partial charge in [-0.2, -0.15) is 0 Å². The molecule has 0 unspecified atom stereocenters. The molecule has 0 rings (SSSR count). The molecule has 0 aromatic carbocycles. The van der Waals surface area contributed by atoms with E-state index in [4.69, 9.17) is 14.8 Å². The summed E-state index contributed by atoms with van der Waals surface area (Å²) in [7, 11) is 0. The van der Waals surface area contributed by atoms with Gasteiger partial charge in [0.1, 0.15) is 0 Å². The standard InChI is InChI=1S/Fe.Na.4H2O.Ti.H/h;;4*1H2;;/q;;;;;;+4;/p-4. The van der Waals surface area contributed by atoms with Crippen molar-refractivity contribution in [2.75, 3.05) is 0 Å². The van der Waals surface area contributed by atoms with E-state index in [0.717, 1.165) is 0 Å². The van der Waals surface area contributed by atoms with Gasteiger partial charge in [-0.15, -0.1) is 0 Å². The molecule has 0 radical (unpaired) electrons. The summed E-state index contributed by atoms with van der Waals surface area (Å²) in [6.45, 7) is 0. The summed E-state index contributed by atoms with van der Waals surface area (Å²) in [6.07, 6.45) is 0. The van der Waals surface area contributed by atoms with E-state index in [1.165, 1.54) is 0 Å². The number of rotatable bonds is 0. The molecule has 0 aliphatic heterocycles. The summed E-state index contributed by atoms with van der Waals surface area (Å²) >= 11 is -5.00. The fourth-order valence-electron chi connectivity index (χ4n) is 0. The molecule has 0 fully saturated rings. The van der Waals surface area contributed by atoms with Crippen LogP contribution >= 0.6 is 0 Å². The van der Waals surface area contributed by atoms with Gasteiger partial charge in [-0.3, -0.25) is 0 Å². The molecule has 0 atom stereocenters. The van der Waals surface area contributed by atoms with Gasteiger partial charge in [0.05, 0.1) is 0 Å². The Morgan fingerprint density at radius 3 is 0.857 bits per heavy atom. The first-order valence-electron chi connectivity index (χ1n) is 0.894. The summed E-state index contributed by atoms with van der Waals surface area (Å²) in [5, 5.41) is 0. The van der Waals surface area contributed by atoms with Gasteiger partial charge < -0.3 is 0 Å². The van der Waals surface area contributed by atoms with Gasteiger partial charge in [0.15, 0.2) is 0 Å². The molecule has 0 spiro atoms. The fourth-order valence-corrected chi connectivity index (χ4v) is 0. The van der Waals surface area contributed by atoms with Gasteiger partial charge >= 0.3 is 62.5 Å². The molecule has 4 nitrogen and oxygen atoms in total. The zero-order valence-electron chi connectivity index (χ0n) is 2.64. The van der Waals surface area contributed by atoms with E-state index in [1.807, 2.05) is 0 Å². The van der Waals surface area contributed by atoms with Crippen LogP contribution in [0.25, 0.3) is 0 Å². The van der Waals surface area contributed by atoms with Gasteiger partial charge in [0.2, 0.25) is 0 Å². The van der Waals surface area contributed by atoms with E-state index in [0.29, 0.717) is 0 Å². The van der Waals surface area contributed by atoms with E-state index < -0.39 is 18.1 Å². The molecule has 0 aliphatic rings. The van der Waals surface area contributed by atoms with Crippen LogP contribution in [0.15, 0.2) is 0 Å². The van der Waals surface area contributed by atoms with Crippen LogP contribution in [-0.2, 0) is 35.2 Å². The van der Waals surface area contributed by atoms with Gasteiger partial charge in [0, 0.05) is 17.1 Å². The summed E-state index contributed by atoms with van der Waals surface area (Å²) in [5.41, 5.74) is 0. The second-order valence-corrected chi connectivity index (χ2v) is 2.47. The van der Waals surface area contributed by atoms with Crippen molar-refractivity contribution >= 4 is 29.6 Å². The maximum absolute atomic E-state index is 7.38. The summed E-state index contributed by atoms with van der Waals surface area (Å²) in [4.78, 5) is 0. The van der Waals surface area contributed by atoms with Crippen molar-refractivity contribution in [3.05, 3.63) is 0 Å². The first-order valence-corrected chi connectivity index (χ1v) is 3.69. The van der Waals surface area contributed by atoms with Crippen LogP contribution in [0.2, 0.25) is 0 Å². The normalized spacial score (nSPS) is 8.57. The first kappa shape index (κ1) is 16.0. The molecule has 42 valence electrons. The van der Waals surface area contributed by atoms with Crippen molar-refractivity contribution in [1.82, 2.24) is 0 Å². The summed E-state index contributed by atoms with van der Waals surface area (Å²) in [5.74, 6) is 0. The molecule has 0 saturated heterocycles. The zero-order chi connectivity index (χ0) is 4.50. The van der Waals surface area contributed by atoms with E-state index in [-0.39, 0.29) is 46.6 Å². The molecule has 0 heterocycles. The third-order valence-corrected chi connectivity index (χ3v) is 0. The molecule has 0 aromatic rings. The van der Waals surface area contributed by atoms with Crippen molar-refractivity contribution in [2.24, 2.45) is 0 Å². The van der Waals surface area contributed by atoms with E-state index >= 15 is 0 Å². The molecule has 0 bridgehead atoms. The zero-order valence-corrected chi connectivity index (χ0v) is 5.31. The third kappa shape index (κ3) is 69.3. The van der Waals surface area contributed by atoms with Crippen molar-refractivity contribution in [1.29, 1.82) is 0 Å². The number of hydrogen-bond acceptors (Lipinski definition) is 4. The molecule has 7 heavy (non-hydrogen) atoms. The van der Waals surface area contributed by atoms with Crippen molar-refractivity contribution in [3.63, 3.8) is 0 Å². The summed E-state index contributed by atoms with van der Waals surface area (Å²) < 4.78 is 29.5. The summed E-state index contributed by atoms with van der Waals surface area (Å²) in [6, 6.07) is 0. The SMILES string of the molecule is [Fe].[NaH].[OH][Ti]([OH])([OH])[OH]. The molecule has 7 heteroatoms. The topological polar surface area (TPSA) is 80.9 Å². The monoisotopic (exact) mass is 196 g/mol. The Morgan fingerprint density at radius 2 is 0.857 bits per heavy atom. The van der Waals surface area contributed by atoms with Gasteiger partial charge in [-0.25, -0.2) is 0 Å². The van der Waals surface area contributed by atoms with Gasteiger partial charge in [-0.1, -0.05) is 0 Å². The molecule has 0 amide bonds. The van der Waals surface area contributed by atoms with Crippen LogP contribution in [0.3, 0.4) is 0 Å². The van der Waals surface area contributed by atoms with Crippen molar-refractivity contribution < 1.29 is 50.0 Å². The predicted octanol–water partition coefficient (Wildman–Crippen LogP) is -2.88. The Kier molecular flexibility index (Phi) is 14.2. The Labute approximate surface area is 78.6 Å². The minimum atomic E-state index is -5.00. The quantitative estimate of drug-likeness (QED) is 0.313. The van der Waals surface area contributed by atoms with Crippen LogP contribution in [-0.4, -0.2) is 44.3 Å². The van der Waals surface area contributed by atoms with Crippen molar-refractivity contribution in [3.8, 4) is 0 Å². The predicted molar refractivity (Wildman–Crippen MR) is 16.0 cm³/mol. The van der Waals surface area contributed by atoms with E-state index in [1.54, 1.807) is 0 Å². The molecule has 0 aromatic heterocycles.